The lowest BCUT2D eigenvalue weighted by molar-refractivity contribution is -0.122. The van der Waals surface area contributed by atoms with Crippen LogP contribution in [0.3, 0.4) is 0 Å². The van der Waals surface area contributed by atoms with E-state index in [-0.39, 0.29) is 11.8 Å². The predicted octanol–water partition coefficient (Wildman–Crippen LogP) is 3.11. The van der Waals surface area contributed by atoms with Crippen molar-refractivity contribution in [2.45, 2.75) is 39.0 Å². The van der Waals surface area contributed by atoms with Crippen LogP contribution in [0.15, 0.2) is 35.4 Å². The van der Waals surface area contributed by atoms with Gasteiger partial charge in [0.2, 0.25) is 5.91 Å². The molecule has 0 radical (unpaired) electrons. The fourth-order valence-corrected chi connectivity index (χ4v) is 1.80. The van der Waals surface area contributed by atoms with Gasteiger partial charge in [-0.1, -0.05) is 43.7 Å². The van der Waals surface area contributed by atoms with Crippen LogP contribution in [0.4, 0.5) is 0 Å². The number of nitrogens with zero attached hydrogens (tertiary/aromatic N) is 1. The molecule has 96 valence electrons. The van der Waals surface area contributed by atoms with E-state index >= 15 is 0 Å². The zero-order valence-corrected chi connectivity index (χ0v) is 10.9. The number of amides is 1. The highest BCUT2D eigenvalue weighted by Crippen LogP contribution is 2.28. The van der Waals surface area contributed by atoms with Gasteiger partial charge in [0, 0.05) is 5.92 Å². The second-order valence-corrected chi connectivity index (χ2v) is 4.78. The van der Waals surface area contributed by atoms with Gasteiger partial charge in [0.05, 0.1) is 5.71 Å². The molecule has 0 saturated heterocycles. The van der Waals surface area contributed by atoms with Gasteiger partial charge in [-0.25, -0.2) is 5.43 Å². The van der Waals surface area contributed by atoms with Crippen molar-refractivity contribution >= 4 is 11.6 Å². The molecule has 1 fully saturated rings. The minimum atomic E-state index is 0.0694. The van der Waals surface area contributed by atoms with E-state index < -0.39 is 0 Å². The Morgan fingerprint density at radius 1 is 1.33 bits per heavy atom. The number of hydrogen-bond donors (Lipinski definition) is 1. The van der Waals surface area contributed by atoms with E-state index in [4.69, 9.17) is 0 Å². The number of nitrogens with one attached hydrogen (secondary N) is 1. The molecule has 1 amide bonds. The molecule has 0 aliphatic heterocycles. The predicted molar refractivity (Wildman–Crippen MR) is 73.4 cm³/mol. The molecule has 18 heavy (non-hydrogen) atoms. The Hall–Kier alpha value is -1.64. The monoisotopic (exact) mass is 244 g/mol. The molecule has 3 heteroatoms. The summed E-state index contributed by atoms with van der Waals surface area (Å²) in [5, 5.41) is 4.31. The first-order valence-corrected chi connectivity index (χ1v) is 6.73. The van der Waals surface area contributed by atoms with Crippen molar-refractivity contribution in [2.75, 3.05) is 0 Å². The summed E-state index contributed by atoms with van der Waals surface area (Å²) in [6.07, 6.45) is 5.15. The summed E-state index contributed by atoms with van der Waals surface area (Å²) in [4.78, 5) is 11.6. The third-order valence-electron chi connectivity index (χ3n) is 3.12. The summed E-state index contributed by atoms with van der Waals surface area (Å²) in [7, 11) is 0. The molecule has 0 aromatic heterocycles. The van der Waals surface area contributed by atoms with Crippen LogP contribution in [0.2, 0.25) is 0 Å². The van der Waals surface area contributed by atoms with Crippen LogP contribution in [0.5, 0.6) is 0 Å². The first-order valence-electron chi connectivity index (χ1n) is 6.73. The number of carbonyl (C=O) groups is 1. The Morgan fingerprint density at radius 3 is 2.67 bits per heavy atom. The van der Waals surface area contributed by atoms with E-state index in [0.29, 0.717) is 0 Å². The van der Waals surface area contributed by atoms with Crippen LogP contribution in [0, 0.1) is 5.92 Å². The number of benzene rings is 1. The van der Waals surface area contributed by atoms with Gasteiger partial charge < -0.3 is 0 Å². The van der Waals surface area contributed by atoms with E-state index in [1.165, 1.54) is 0 Å². The van der Waals surface area contributed by atoms with E-state index in [9.17, 15) is 4.79 Å². The van der Waals surface area contributed by atoms with Gasteiger partial charge >= 0.3 is 0 Å². The van der Waals surface area contributed by atoms with Crippen LogP contribution in [-0.2, 0) is 4.79 Å². The van der Waals surface area contributed by atoms with Gasteiger partial charge in [-0.15, -0.1) is 0 Å². The quantitative estimate of drug-likeness (QED) is 0.606. The molecule has 3 nitrogen and oxygen atoms in total. The van der Waals surface area contributed by atoms with Crippen molar-refractivity contribution in [1.29, 1.82) is 0 Å². The van der Waals surface area contributed by atoms with Gasteiger partial charge in [-0.05, 0) is 31.2 Å². The highest BCUT2D eigenvalue weighted by molar-refractivity contribution is 6.01. The fraction of sp³-hybridized carbons (Fsp3) is 0.467. The largest absolute Gasteiger partial charge is 0.273 e. The maximum atomic E-state index is 11.6. The second-order valence-electron chi connectivity index (χ2n) is 4.78. The van der Waals surface area contributed by atoms with E-state index in [1.807, 2.05) is 30.3 Å². The third-order valence-corrected chi connectivity index (χ3v) is 3.12. The number of hydrogen-bond acceptors (Lipinski definition) is 2. The molecule has 1 saturated carbocycles. The standard InChI is InChI=1S/C15H20N2O/c1-2-3-9-14(12-7-5-4-6-8-12)16-17-15(18)13-10-11-13/h4-8,13H,2-3,9-11H2,1H3,(H,17,18)/b16-14+. The second kappa shape index (κ2) is 6.34. The van der Waals surface area contributed by atoms with Gasteiger partial charge in [-0.3, -0.25) is 4.79 Å². The van der Waals surface area contributed by atoms with Gasteiger partial charge in [0.15, 0.2) is 0 Å². The molecular weight excluding hydrogens is 224 g/mol. The maximum absolute atomic E-state index is 11.6. The van der Waals surface area contributed by atoms with Crippen LogP contribution < -0.4 is 5.43 Å². The van der Waals surface area contributed by atoms with Crippen molar-refractivity contribution < 1.29 is 4.79 Å². The Bertz CT molecular complexity index is 421. The zero-order chi connectivity index (χ0) is 12.8. The first-order chi connectivity index (χ1) is 8.81. The van der Waals surface area contributed by atoms with Crippen LogP contribution in [0.1, 0.15) is 44.6 Å². The molecule has 1 aliphatic carbocycles. The molecule has 0 spiro atoms. The Labute approximate surface area is 108 Å². The summed E-state index contributed by atoms with van der Waals surface area (Å²) >= 11 is 0. The molecule has 2 rings (SSSR count). The third kappa shape index (κ3) is 3.69. The summed E-state index contributed by atoms with van der Waals surface area (Å²) in [6.45, 7) is 2.16. The van der Waals surface area contributed by atoms with E-state index in [1.54, 1.807) is 0 Å². The van der Waals surface area contributed by atoms with Crippen molar-refractivity contribution in [1.82, 2.24) is 5.43 Å². The van der Waals surface area contributed by atoms with Crippen molar-refractivity contribution in [3.63, 3.8) is 0 Å². The highest BCUT2D eigenvalue weighted by Gasteiger charge is 2.29. The minimum Gasteiger partial charge on any atom is -0.273 e. The number of carbonyl (C=O) groups excluding carboxylic acids is 1. The van der Waals surface area contributed by atoms with Gasteiger partial charge in [0.25, 0.3) is 0 Å². The topological polar surface area (TPSA) is 41.5 Å². The Kier molecular flexibility index (Phi) is 4.51. The van der Waals surface area contributed by atoms with Gasteiger partial charge in [0.1, 0.15) is 0 Å². The number of unbranched alkanes of at least 4 members (excludes halogenated alkanes) is 1. The summed E-state index contributed by atoms with van der Waals surface area (Å²) in [6, 6.07) is 10.1. The average molecular weight is 244 g/mol. The molecule has 0 bridgehead atoms. The van der Waals surface area contributed by atoms with Crippen molar-refractivity contribution in [2.24, 2.45) is 11.0 Å². The smallest absolute Gasteiger partial charge is 0.243 e. The minimum absolute atomic E-state index is 0.0694. The molecule has 1 aromatic rings. The molecule has 1 aliphatic rings. The lowest BCUT2D eigenvalue weighted by atomic mass is 10.1. The van der Waals surface area contributed by atoms with E-state index in [2.05, 4.69) is 17.5 Å². The Balaban J connectivity index is 2.03. The summed E-state index contributed by atoms with van der Waals surface area (Å²) < 4.78 is 0. The maximum Gasteiger partial charge on any atom is 0.243 e. The molecule has 1 N–H and O–H groups in total. The average Bonchev–Trinajstić information content (AvgIpc) is 3.24. The SMILES string of the molecule is CCCC/C(=N\NC(=O)C1CC1)c1ccccc1. The van der Waals surface area contributed by atoms with Crippen LogP contribution >= 0.6 is 0 Å². The van der Waals surface area contributed by atoms with Crippen molar-refractivity contribution in [3.05, 3.63) is 35.9 Å². The van der Waals surface area contributed by atoms with Gasteiger partial charge in [-0.2, -0.15) is 5.10 Å². The molecule has 0 unspecified atom stereocenters. The molecule has 1 aromatic carbocycles. The zero-order valence-electron chi connectivity index (χ0n) is 10.9. The summed E-state index contributed by atoms with van der Waals surface area (Å²) in [5.41, 5.74) is 4.78. The van der Waals surface area contributed by atoms with Crippen LogP contribution in [-0.4, -0.2) is 11.6 Å². The highest BCUT2D eigenvalue weighted by atomic mass is 16.2. The lowest BCUT2D eigenvalue weighted by Gasteiger charge is -2.06. The van der Waals surface area contributed by atoms with Crippen LogP contribution in [0.25, 0.3) is 0 Å². The molecule has 0 atom stereocenters. The lowest BCUT2D eigenvalue weighted by Crippen LogP contribution is -2.21. The van der Waals surface area contributed by atoms with Crippen molar-refractivity contribution in [3.8, 4) is 0 Å². The molecular formula is C15H20N2O. The summed E-state index contributed by atoms with van der Waals surface area (Å²) in [5.74, 6) is 0.275. The molecule has 0 heterocycles. The fourth-order valence-electron chi connectivity index (χ4n) is 1.80. The normalized spacial score (nSPS) is 15.5. The number of hydrazone groups is 1. The van der Waals surface area contributed by atoms with E-state index in [0.717, 1.165) is 43.4 Å². The Morgan fingerprint density at radius 2 is 2.06 bits per heavy atom. The number of rotatable bonds is 6. The first kappa shape index (κ1) is 12.8.